The van der Waals surface area contributed by atoms with Crippen LogP contribution in [0.4, 0.5) is 0 Å². The molecule has 0 saturated carbocycles. The van der Waals surface area contributed by atoms with Gasteiger partial charge in [0.1, 0.15) is 16.3 Å². The average Bonchev–Trinajstić information content (AvgIpc) is 3.27. The van der Waals surface area contributed by atoms with Crippen LogP contribution < -0.4 is 5.32 Å². The van der Waals surface area contributed by atoms with E-state index in [1.807, 2.05) is 28.8 Å². The average molecular weight is 403 g/mol. The Morgan fingerprint density at radius 1 is 1.04 bits per heavy atom. The minimum Gasteiger partial charge on any atom is -0.345 e. The van der Waals surface area contributed by atoms with Gasteiger partial charge in [0, 0.05) is 28.4 Å². The molecule has 3 heterocycles. The van der Waals surface area contributed by atoms with E-state index < -0.39 is 0 Å². The van der Waals surface area contributed by atoms with Crippen LogP contribution in [-0.2, 0) is 6.54 Å². The largest absolute Gasteiger partial charge is 0.345 e. The van der Waals surface area contributed by atoms with E-state index in [9.17, 15) is 4.79 Å². The maximum absolute atomic E-state index is 12.3. The van der Waals surface area contributed by atoms with Crippen molar-refractivity contribution in [2.45, 2.75) is 6.54 Å². The van der Waals surface area contributed by atoms with E-state index in [1.165, 1.54) is 11.3 Å². The van der Waals surface area contributed by atoms with E-state index >= 15 is 0 Å². The SMILES string of the molecule is O=C(NCc1cn2cc(Cl)ccc2n1)c1csc(-c2ccc(Cl)cc2)n1. The number of nitrogens with zero attached hydrogens (tertiary/aromatic N) is 3. The zero-order chi connectivity index (χ0) is 18.1. The van der Waals surface area contributed by atoms with Crippen molar-refractivity contribution < 1.29 is 4.79 Å². The summed E-state index contributed by atoms with van der Waals surface area (Å²) in [7, 11) is 0. The second-order valence-electron chi connectivity index (χ2n) is 5.57. The lowest BCUT2D eigenvalue weighted by molar-refractivity contribution is 0.0946. The molecule has 1 aromatic carbocycles. The molecule has 5 nitrogen and oxygen atoms in total. The molecule has 0 radical (unpaired) electrons. The van der Waals surface area contributed by atoms with Crippen molar-refractivity contribution in [2.75, 3.05) is 0 Å². The first-order chi connectivity index (χ1) is 12.6. The highest BCUT2D eigenvalue weighted by Gasteiger charge is 2.12. The van der Waals surface area contributed by atoms with Crippen LogP contribution in [0.25, 0.3) is 16.2 Å². The fourth-order valence-electron chi connectivity index (χ4n) is 2.47. The summed E-state index contributed by atoms with van der Waals surface area (Å²) in [5, 5.41) is 6.64. The number of nitrogens with one attached hydrogen (secondary N) is 1. The number of imidazole rings is 1. The van der Waals surface area contributed by atoms with Crippen LogP contribution in [0, 0.1) is 0 Å². The molecular formula is C18H12Cl2N4OS. The molecular weight excluding hydrogens is 391 g/mol. The number of halogens is 2. The summed E-state index contributed by atoms with van der Waals surface area (Å²) >= 11 is 13.3. The summed E-state index contributed by atoms with van der Waals surface area (Å²) in [6, 6.07) is 11.0. The first kappa shape index (κ1) is 17.0. The summed E-state index contributed by atoms with van der Waals surface area (Å²) in [5.41, 5.74) is 2.83. The van der Waals surface area contributed by atoms with E-state index in [-0.39, 0.29) is 5.91 Å². The second kappa shape index (κ2) is 7.07. The van der Waals surface area contributed by atoms with Gasteiger partial charge in [-0.2, -0.15) is 0 Å². The third-order valence-electron chi connectivity index (χ3n) is 3.72. The third-order valence-corrected chi connectivity index (χ3v) is 5.09. The highest BCUT2D eigenvalue weighted by molar-refractivity contribution is 7.13. The molecule has 1 N–H and O–H groups in total. The monoisotopic (exact) mass is 402 g/mol. The van der Waals surface area contributed by atoms with Crippen molar-refractivity contribution in [1.29, 1.82) is 0 Å². The molecule has 4 rings (SSSR count). The molecule has 0 bridgehead atoms. The summed E-state index contributed by atoms with van der Waals surface area (Å²) in [5.74, 6) is -0.239. The van der Waals surface area contributed by atoms with Gasteiger partial charge < -0.3 is 9.72 Å². The Morgan fingerprint density at radius 3 is 2.62 bits per heavy atom. The Bertz CT molecular complexity index is 1090. The summed E-state index contributed by atoms with van der Waals surface area (Å²) in [6.45, 7) is 0.311. The lowest BCUT2D eigenvalue weighted by atomic mass is 10.2. The summed E-state index contributed by atoms with van der Waals surface area (Å²) in [6.07, 6.45) is 3.61. The van der Waals surface area contributed by atoms with Crippen LogP contribution in [0.3, 0.4) is 0 Å². The van der Waals surface area contributed by atoms with Crippen molar-refractivity contribution in [3.05, 3.63) is 75.6 Å². The maximum atomic E-state index is 12.3. The van der Waals surface area contributed by atoms with Crippen molar-refractivity contribution >= 4 is 46.1 Å². The van der Waals surface area contributed by atoms with Gasteiger partial charge in [0.25, 0.3) is 5.91 Å². The summed E-state index contributed by atoms with van der Waals surface area (Å²) in [4.78, 5) is 21.2. The molecule has 0 atom stereocenters. The Morgan fingerprint density at radius 2 is 1.81 bits per heavy atom. The number of pyridine rings is 1. The molecule has 0 aliphatic heterocycles. The number of carbonyl (C=O) groups excluding carboxylic acids is 1. The highest BCUT2D eigenvalue weighted by atomic mass is 35.5. The minimum absolute atomic E-state index is 0.239. The Kier molecular flexibility index (Phi) is 4.63. The predicted octanol–water partition coefficient (Wildman–Crippen LogP) is 4.69. The summed E-state index contributed by atoms with van der Waals surface area (Å²) < 4.78 is 1.82. The van der Waals surface area contributed by atoms with Gasteiger partial charge in [-0.05, 0) is 24.3 Å². The lowest BCUT2D eigenvalue weighted by Crippen LogP contribution is -2.23. The van der Waals surface area contributed by atoms with Crippen LogP contribution in [0.5, 0.6) is 0 Å². The molecule has 0 spiro atoms. The number of rotatable bonds is 4. The van der Waals surface area contributed by atoms with E-state index in [4.69, 9.17) is 23.2 Å². The number of carbonyl (C=O) groups is 1. The molecule has 0 fully saturated rings. The number of amides is 1. The molecule has 8 heteroatoms. The fraction of sp³-hybridized carbons (Fsp3) is 0.0556. The second-order valence-corrected chi connectivity index (χ2v) is 7.30. The van der Waals surface area contributed by atoms with Crippen LogP contribution >= 0.6 is 34.5 Å². The topological polar surface area (TPSA) is 59.3 Å². The quantitative estimate of drug-likeness (QED) is 0.538. The molecule has 0 aliphatic rings. The maximum Gasteiger partial charge on any atom is 0.271 e. The van der Waals surface area contributed by atoms with Gasteiger partial charge in [-0.15, -0.1) is 11.3 Å². The number of aromatic nitrogens is 3. The van der Waals surface area contributed by atoms with E-state index in [1.54, 1.807) is 29.8 Å². The fourth-order valence-corrected chi connectivity index (χ4v) is 3.57. The van der Waals surface area contributed by atoms with Crippen LogP contribution in [0.15, 0.2) is 54.2 Å². The van der Waals surface area contributed by atoms with Gasteiger partial charge in [-0.1, -0.05) is 35.3 Å². The van der Waals surface area contributed by atoms with Gasteiger partial charge in [0.05, 0.1) is 17.3 Å². The zero-order valence-corrected chi connectivity index (χ0v) is 15.6. The number of fused-ring (bicyclic) bond motifs is 1. The molecule has 130 valence electrons. The van der Waals surface area contributed by atoms with Gasteiger partial charge >= 0.3 is 0 Å². The number of hydrogen-bond donors (Lipinski definition) is 1. The molecule has 0 unspecified atom stereocenters. The molecule has 4 aromatic rings. The lowest BCUT2D eigenvalue weighted by Gasteiger charge is -2.00. The van der Waals surface area contributed by atoms with Gasteiger partial charge in [-0.25, -0.2) is 9.97 Å². The van der Waals surface area contributed by atoms with E-state index in [2.05, 4.69) is 15.3 Å². The molecule has 0 aliphatic carbocycles. The number of thiazole rings is 1. The smallest absolute Gasteiger partial charge is 0.271 e. The third kappa shape index (κ3) is 3.58. The minimum atomic E-state index is -0.239. The molecule has 0 saturated heterocycles. The predicted molar refractivity (Wildman–Crippen MR) is 104 cm³/mol. The normalized spacial score (nSPS) is 11.0. The van der Waals surface area contributed by atoms with Crippen LogP contribution in [-0.4, -0.2) is 20.3 Å². The van der Waals surface area contributed by atoms with Gasteiger partial charge in [0.15, 0.2) is 0 Å². The highest BCUT2D eigenvalue weighted by Crippen LogP contribution is 2.25. The molecule has 3 aromatic heterocycles. The van der Waals surface area contributed by atoms with Gasteiger partial charge in [-0.3, -0.25) is 4.79 Å². The van der Waals surface area contributed by atoms with E-state index in [0.29, 0.717) is 22.3 Å². The van der Waals surface area contributed by atoms with Gasteiger partial charge in [0.2, 0.25) is 0 Å². The van der Waals surface area contributed by atoms with Crippen molar-refractivity contribution in [2.24, 2.45) is 0 Å². The standard InChI is InChI=1S/C18H12Cl2N4OS/c19-12-3-1-11(2-4-12)18-23-15(10-26-18)17(25)21-7-14-9-24-8-13(20)5-6-16(24)22-14/h1-6,8-10H,7H2,(H,21,25). The zero-order valence-electron chi connectivity index (χ0n) is 13.3. The number of benzene rings is 1. The molecule has 26 heavy (non-hydrogen) atoms. The van der Waals surface area contributed by atoms with Crippen molar-refractivity contribution in [3.8, 4) is 10.6 Å². The van der Waals surface area contributed by atoms with E-state index in [0.717, 1.165) is 21.9 Å². The van der Waals surface area contributed by atoms with Crippen LogP contribution in [0.2, 0.25) is 10.0 Å². The Labute approximate surface area is 163 Å². The molecule has 1 amide bonds. The van der Waals surface area contributed by atoms with Crippen molar-refractivity contribution in [3.63, 3.8) is 0 Å². The number of hydrogen-bond acceptors (Lipinski definition) is 4. The Hall–Kier alpha value is -2.41. The first-order valence-electron chi connectivity index (χ1n) is 7.71. The van der Waals surface area contributed by atoms with Crippen molar-refractivity contribution in [1.82, 2.24) is 19.7 Å². The van der Waals surface area contributed by atoms with Crippen LogP contribution in [0.1, 0.15) is 16.2 Å². The first-order valence-corrected chi connectivity index (χ1v) is 9.35. The Balaban J connectivity index is 1.45.